The lowest BCUT2D eigenvalue weighted by molar-refractivity contribution is 0.0905. The SMILES string of the molecule is COCC(C)NC(=O)c1cccc(OCc2cscn2)c1. The van der Waals surface area contributed by atoms with Crippen molar-refractivity contribution in [3.63, 3.8) is 0 Å². The van der Waals surface area contributed by atoms with Crippen molar-refractivity contribution in [3.05, 3.63) is 46.4 Å². The van der Waals surface area contributed by atoms with Gasteiger partial charge in [0.15, 0.2) is 0 Å². The van der Waals surface area contributed by atoms with Crippen LogP contribution in [-0.4, -0.2) is 30.6 Å². The van der Waals surface area contributed by atoms with Gasteiger partial charge in [-0.1, -0.05) is 6.07 Å². The molecule has 1 amide bonds. The molecule has 0 aliphatic rings. The number of amides is 1. The summed E-state index contributed by atoms with van der Waals surface area (Å²) in [5.41, 5.74) is 3.21. The zero-order valence-electron chi connectivity index (χ0n) is 12.0. The Labute approximate surface area is 127 Å². The Balaban J connectivity index is 1.95. The molecule has 1 aromatic heterocycles. The molecular weight excluding hydrogens is 288 g/mol. The van der Waals surface area contributed by atoms with Crippen LogP contribution in [0, 0.1) is 0 Å². The number of carbonyl (C=O) groups is 1. The van der Waals surface area contributed by atoms with Crippen LogP contribution < -0.4 is 10.1 Å². The molecule has 1 aromatic carbocycles. The second-order valence-corrected chi connectivity index (χ2v) is 5.34. The van der Waals surface area contributed by atoms with E-state index in [0.29, 0.717) is 24.5 Å². The zero-order valence-corrected chi connectivity index (χ0v) is 12.9. The second kappa shape index (κ2) is 7.75. The summed E-state index contributed by atoms with van der Waals surface area (Å²) in [5.74, 6) is 0.508. The van der Waals surface area contributed by atoms with Gasteiger partial charge in [0.1, 0.15) is 12.4 Å². The molecule has 0 aliphatic carbocycles. The third kappa shape index (κ3) is 4.84. The normalized spacial score (nSPS) is 11.9. The number of nitrogens with one attached hydrogen (secondary N) is 1. The Hall–Kier alpha value is -1.92. The maximum absolute atomic E-state index is 12.1. The van der Waals surface area contributed by atoms with Crippen LogP contribution in [0.3, 0.4) is 0 Å². The molecule has 2 aromatic rings. The fourth-order valence-corrected chi connectivity index (χ4v) is 2.34. The number of hydrogen-bond donors (Lipinski definition) is 1. The summed E-state index contributed by atoms with van der Waals surface area (Å²) in [5, 5.41) is 4.80. The van der Waals surface area contributed by atoms with Gasteiger partial charge >= 0.3 is 0 Å². The van der Waals surface area contributed by atoms with Gasteiger partial charge in [-0.25, -0.2) is 4.98 Å². The van der Waals surface area contributed by atoms with Crippen LogP contribution in [0.1, 0.15) is 23.0 Å². The highest BCUT2D eigenvalue weighted by atomic mass is 32.1. The molecule has 2 rings (SSSR count). The summed E-state index contributed by atoms with van der Waals surface area (Å²) in [4.78, 5) is 16.2. The van der Waals surface area contributed by atoms with Crippen LogP contribution in [0.2, 0.25) is 0 Å². The Morgan fingerprint density at radius 2 is 2.33 bits per heavy atom. The summed E-state index contributed by atoms with van der Waals surface area (Å²) in [6, 6.07) is 7.06. The largest absolute Gasteiger partial charge is 0.487 e. The molecule has 6 heteroatoms. The van der Waals surface area contributed by atoms with E-state index in [1.165, 1.54) is 11.3 Å². The molecule has 1 heterocycles. The van der Waals surface area contributed by atoms with Crippen molar-refractivity contribution in [2.24, 2.45) is 0 Å². The molecule has 0 spiro atoms. The van der Waals surface area contributed by atoms with E-state index in [-0.39, 0.29) is 11.9 Å². The van der Waals surface area contributed by atoms with Gasteiger partial charge in [0.2, 0.25) is 0 Å². The van der Waals surface area contributed by atoms with Crippen molar-refractivity contribution in [3.8, 4) is 5.75 Å². The fourth-order valence-electron chi connectivity index (χ4n) is 1.79. The Bertz CT molecular complexity index is 572. The summed E-state index contributed by atoms with van der Waals surface area (Å²) in [6.45, 7) is 2.77. The van der Waals surface area contributed by atoms with Gasteiger partial charge in [-0.3, -0.25) is 4.79 Å². The van der Waals surface area contributed by atoms with E-state index in [9.17, 15) is 4.79 Å². The minimum atomic E-state index is -0.140. The molecule has 0 saturated carbocycles. The second-order valence-electron chi connectivity index (χ2n) is 4.63. The monoisotopic (exact) mass is 306 g/mol. The van der Waals surface area contributed by atoms with Crippen molar-refractivity contribution < 1.29 is 14.3 Å². The molecule has 0 saturated heterocycles. The first-order valence-electron chi connectivity index (χ1n) is 6.58. The first kappa shape index (κ1) is 15.5. The van der Waals surface area contributed by atoms with Gasteiger partial charge in [-0.15, -0.1) is 11.3 Å². The molecule has 0 radical (unpaired) electrons. The van der Waals surface area contributed by atoms with Crippen molar-refractivity contribution in [1.29, 1.82) is 0 Å². The highest BCUT2D eigenvalue weighted by Crippen LogP contribution is 2.15. The Kier molecular flexibility index (Phi) is 5.71. The van der Waals surface area contributed by atoms with Crippen molar-refractivity contribution in [2.45, 2.75) is 19.6 Å². The van der Waals surface area contributed by atoms with E-state index in [1.807, 2.05) is 18.4 Å². The average Bonchev–Trinajstić information content (AvgIpc) is 2.99. The number of benzene rings is 1. The van der Waals surface area contributed by atoms with Gasteiger partial charge in [-0.05, 0) is 25.1 Å². The number of nitrogens with zero attached hydrogens (tertiary/aromatic N) is 1. The number of methoxy groups -OCH3 is 1. The van der Waals surface area contributed by atoms with Crippen LogP contribution in [-0.2, 0) is 11.3 Å². The van der Waals surface area contributed by atoms with Gasteiger partial charge < -0.3 is 14.8 Å². The molecule has 5 nitrogen and oxygen atoms in total. The van der Waals surface area contributed by atoms with E-state index in [4.69, 9.17) is 9.47 Å². The minimum absolute atomic E-state index is 0.0397. The van der Waals surface area contributed by atoms with Crippen LogP contribution in [0.25, 0.3) is 0 Å². The van der Waals surface area contributed by atoms with E-state index >= 15 is 0 Å². The molecule has 1 N–H and O–H groups in total. The number of carbonyl (C=O) groups excluding carboxylic acids is 1. The lowest BCUT2D eigenvalue weighted by Crippen LogP contribution is -2.35. The van der Waals surface area contributed by atoms with E-state index in [0.717, 1.165) is 5.69 Å². The molecule has 1 unspecified atom stereocenters. The molecule has 0 bridgehead atoms. The number of ether oxygens (including phenoxy) is 2. The molecular formula is C15H18N2O3S. The molecule has 1 atom stereocenters. The van der Waals surface area contributed by atoms with Gasteiger partial charge in [0, 0.05) is 24.1 Å². The van der Waals surface area contributed by atoms with Crippen LogP contribution in [0.5, 0.6) is 5.75 Å². The highest BCUT2D eigenvalue weighted by Gasteiger charge is 2.10. The molecule has 0 aliphatic heterocycles. The van der Waals surface area contributed by atoms with Crippen molar-refractivity contribution >= 4 is 17.2 Å². The molecule has 21 heavy (non-hydrogen) atoms. The average molecular weight is 306 g/mol. The summed E-state index contributed by atoms with van der Waals surface area (Å²) in [7, 11) is 1.61. The summed E-state index contributed by atoms with van der Waals surface area (Å²) >= 11 is 1.53. The van der Waals surface area contributed by atoms with Crippen molar-refractivity contribution in [2.75, 3.05) is 13.7 Å². The summed E-state index contributed by atoms with van der Waals surface area (Å²) in [6.07, 6.45) is 0. The Morgan fingerprint density at radius 1 is 1.48 bits per heavy atom. The lowest BCUT2D eigenvalue weighted by atomic mass is 10.2. The zero-order chi connectivity index (χ0) is 15.1. The highest BCUT2D eigenvalue weighted by molar-refractivity contribution is 7.07. The molecule has 0 fully saturated rings. The predicted molar refractivity (Wildman–Crippen MR) is 81.7 cm³/mol. The van der Waals surface area contributed by atoms with Crippen molar-refractivity contribution in [1.82, 2.24) is 10.3 Å². The topological polar surface area (TPSA) is 60.5 Å². The quantitative estimate of drug-likeness (QED) is 0.854. The Morgan fingerprint density at radius 3 is 3.05 bits per heavy atom. The smallest absolute Gasteiger partial charge is 0.251 e. The maximum Gasteiger partial charge on any atom is 0.251 e. The first-order valence-corrected chi connectivity index (χ1v) is 7.53. The standard InChI is InChI=1S/C15H18N2O3S/c1-11(7-19-2)17-15(18)12-4-3-5-14(6-12)20-8-13-9-21-10-16-13/h3-6,9-11H,7-8H2,1-2H3,(H,17,18). The lowest BCUT2D eigenvalue weighted by Gasteiger charge is -2.13. The van der Waals surface area contributed by atoms with Gasteiger partial charge in [0.25, 0.3) is 5.91 Å². The predicted octanol–water partition coefficient (Wildman–Crippen LogP) is 2.49. The van der Waals surface area contributed by atoms with E-state index < -0.39 is 0 Å². The van der Waals surface area contributed by atoms with Crippen LogP contribution >= 0.6 is 11.3 Å². The number of thiazole rings is 1. The maximum atomic E-state index is 12.1. The number of aromatic nitrogens is 1. The van der Waals surface area contributed by atoms with E-state index in [1.54, 1.807) is 30.8 Å². The van der Waals surface area contributed by atoms with E-state index in [2.05, 4.69) is 10.3 Å². The van der Waals surface area contributed by atoms with Crippen LogP contribution in [0.4, 0.5) is 0 Å². The third-order valence-electron chi connectivity index (χ3n) is 2.76. The fraction of sp³-hybridized carbons (Fsp3) is 0.333. The van der Waals surface area contributed by atoms with Crippen LogP contribution in [0.15, 0.2) is 35.2 Å². The first-order chi connectivity index (χ1) is 10.2. The number of hydrogen-bond acceptors (Lipinski definition) is 5. The van der Waals surface area contributed by atoms with Gasteiger partial charge in [-0.2, -0.15) is 0 Å². The number of rotatable bonds is 7. The summed E-state index contributed by atoms with van der Waals surface area (Å²) < 4.78 is 10.6. The molecule has 112 valence electrons. The third-order valence-corrected chi connectivity index (χ3v) is 3.40. The minimum Gasteiger partial charge on any atom is -0.487 e. The van der Waals surface area contributed by atoms with Gasteiger partial charge in [0.05, 0.1) is 17.8 Å².